The smallest absolute Gasteiger partial charge is 0.126 e. The van der Waals surface area contributed by atoms with Gasteiger partial charge in [-0.1, -0.05) is 0 Å². The second-order valence-electron chi connectivity index (χ2n) is 3.42. The molecule has 0 heterocycles. The first-order valence-electron chi connectivity index (χ1n) is 4.18. The third-order valence-corrected chi connectivity index (χ3v) is 2.00. The summed E-state index contributed by atoms with van der Waals surface area (Å²) in [7, 11) is 3.95. The van der Waals surface area contributed by atoms with Crippen LogP contribution in [-0.4, -0.2) is 43.7 Å². The highest BCUT2D eigenvalue weighted by Crippen LogP contribution is 2.44. The summed E-state index contributed by atoms with van der Waals surface area (Å²) < 4.78 is 5.51. The summed E-state index contributed by atoms with van der Waals surface area (Å²) in [5.41, 5.74) is 0.484. The van der Waals surface area contributed by atoms with Crippen LogP contribution < -0.4 is 0 Å². The van der Waals surface area contributed by atoms with Gasteiger partial charge in [-0.25, -0.2) is 4.79 Å². The molecule has 0 N–H and O–H groups in total. The van der Waals surface area contributed by atoms with Gasteiger partial charge in [0.05, 0.1) is 5.57 Å². The molecule has 12 heavy (non-hydrogen) atoms. The number of ether oxygens (including phenoxy) is 1. The van der Waals surface area contributed by atoms with Gasteiger partial charge in [0.15, 0.2) is 0 Å². The quantitative estimate of drug-likeness (QED) is 0.573. The second kappa shape index (κ2) is 3.40. The standard InChI is InChI=1S/C9H15NO2/c1-4-12-9(7-10(2)3)5-8(9)6-11/h4-5,7H2,1-3H3. The molecule has 68 valence electrons. The summed E-state index contributed by atoms with van der Waals surface area (Å²) in [5.74, 6) is 1.94. The summed E-state index contributed by atoms with van der Waals surface area (Å²) in [5, 5.41) is 0. The van der Waals surface area contributed by atoms with E-state index < -0.39 is 0 Å². The minimum absolute atomic E-state index is 0.292. The van der Waals surface area contributed by atoms with Crippen LogP contribution in [-0.2, 0) is 9.53 Å². The molecular weight excluding hydrogens is 154 g/mol. The lowest BCUT2D eigenvalue weighted by Gasteiger charge is -2.18. The Morgan fingerprint density at radius 2 is 2.33 bits per heavy atom. The third-order valence-electron chi connectivity index (χ3n) is 2.00. The topological polar surface area (TPSA) is 29.5 Å². The van der Waals surface area contributed by atoms with Gasteiger partial charge in [0.2, 0.25) is 0 Å². The van der Waals surface area contributed by atoms with Crippen LogP contribution in [0, 0.1) is 0 Å². The summed E-state index contributed by atoms with van der Waals surface area (Å²) >= 11 is 0. The van der Waals surface area contributed by atoms with E-state index in [1.54, 1.807) is 0 Å². The van der Waals surface area contributed by atoms with Crippen LogP contribution in [0.5, 0.6) is 0 Å². The molecule has 1 aliphatic rings. The summed E-state index contributed by atoms with van der Waals surface area (Å²) in [4.78, 5) is 12.4. The van der Waals surface area contributed by atoms with Crippen LogP contribution in [0.1, 0.15) is 13.3 Å². The largest absolute Gasteiger partial charge is 0.368 e. The van der Waals surface area contributed by atoms with Crippen molar-refractivity contribution in [3.63, 3.8) is 0 Å². The molecule has 0 spiro atoms. The van der Waals surface area contributed by atoms with Gasteiger partial charge in [0, 0.05) is 19.6 Å². The Bertz CT molecular complexity index is 219. The molecule has 3 nitrogen and oxygen atoms in total. The second-order valence-corrected chi connectivity index (χ2v) is 3.42. The molecule has 0 aromatic rings. The maximum absolute atomic E-state index is 10.4. The van der Waals surface area contributed by atoms with Crippen LogP contribution in [0.15, 0.2) is 5.57 Å². The molecule has 0 amide bonds. The molecule has 1 unspecified atom stereocenters. The molecule has 1 fully saturated rings. The first kappa shape index (κ1) is 9.46. The Morgan fingerprint density at radius 3 is 2.67 bits per heavy atom. The molecule has 0 aromatic heterocycles. The Labute approximate surface area is 73.0 Å². The molecule has 0 aliphatic heterocycles. The van der Waals surface area contributed by atoms with Gasteiger partial charge in [-0.15, -0.1) is 0 Å². The maximum Gasteiger partial charge on any atom is 0.126 e. The maximum atomic E-state index is 10.4. The third kappa shape index (κ3) is 1.75. The first-order valence-corrected chi connectivity index (χ1v) is 4.18. The molecule has 1 saturated carbocycles. The molecule has 0 radical (unpaired) electrons. The first-order chi connectivity index (χ1) is 5.64. The van der Waals surface area contributed by atoms with Gasteiger partial charge in [-0.05, 0) is 21.0 Å². The lowest BCUT2D eigenvalue weighted by atomic mass is 10.3. The van der Waals surface area contributed by atoms with Crippen LogP contribution >= 0.6 is 0 Å². The lowest BCUT2D eigenvalue weighted by molar-refractivity contribution is 0.0342. The molecule has 1 rings (SSSR count). The van der Waals surface area contributed by atoms with E-state index in [1.807, 2.05) is 31.9 Å². The number of hydrogen-bond donors (Lipinski definition) is 0. The molecule has 0 aromatic carbocycles. The zero-order valence-electron chi connectivity index (χ0n) is 7.89. The Hall–Kier alpha value is -0.630. The van der Waals surface area contributed by atoms with Gasteiger partial charge >= 0.3 is 0 Å². The molecule has 0 bridgehead atoms. The van der Waals surface area contributed by atoms with Crippen molar-refractivity contribution in [2.75, 3.05) is 27.2 Å². The van der Waals surface area contributed by atoms with E-state index in [0.29, 0.717) is 6.61 Å². The van der Waals surface area contributed by atoms with Crippen molar-refractivity contribution in [3.8, 4) is 0 Å². The van der Waals surface area contributed by atoms with E-state index in [2.05, 4.69) is 0 Å². The highest BCUT2D eigenvalue weighted by Gasteiger charge is 2.51. The molecular formula is C9H15NO2. The molecule has 1 aliphatic carbocycles. The zero-order valence-corrected chi connectivity index (χ0v) is 7.89. The van der Waals surface area contributed by atoms with E-state index in [0.717, 1.165) is 18.5 Å². The van der Waals surface area contributed by atoms with Crippen LogP contribution in [0.2, 0.25) is 0 Å². The van der Waals surface area contributed by atoms with E-state index in [1.165, 1.54) is 0 Å². The van der Waals surface area contributed by atoms with Crippen molar-refractivity contribution >= 4 is 5.94 Å². The zero-order chi connectivity index (χ0) is 9.19. The molecule has 3 heteroatoms. The summed E-state index contributed by atoms with van der Waals surface area (Å²) in [6.45, 7) is 3.38. The fraction of sp³-hybridized carbons (Fsp3) is 0.778. The van der Waals surface area contributed by atoms with E-state index in [-0.39, 0.29) is 5.60 Å². The van der Waals surface area contributed by atoms with Gasteiger partial charge < -0.3 is 9.64 Å². The predicted octanol–water partition coefficient (Wildman–Crippen LogP) is 0.485. The normalized spacial score (nSPS) is 27.5. The van der Waals surface area contributed by atoms with Gasteiger partial charge in [0.1, 0.15) is 11.5 Å². The Morgan fingerprint density at radius 1 is 1.67 bits per heavy atom. The Kier molecular flexibility index (Phi) is 2.68. The van der Waals surface area contributed by atoms with Crippen molar-refractivity contribution in [1.29, 1.82) is 0 Å². The van der Waals surface area contributed by atoms with Crippen molar-refractivity contribution in [1.82, 2.24) is 4.90 Å². The highest BCUT2D eigenvalue weighted by atomic mass is 16.5. The predicted molar refractivity (Wildman–Crippen MR) is 46.7 cm³/mol. The number of hydrogen-bond acceptors (Lipinski definition) is 3. The van der Waals surface area contributed by atoms with E-state index in [9.17, 15) is 4.79 Å². The fourth-order valence-corrected chi connectivity index (χ4v) is 1.49. The van der Waals surface area contributed by atoms with Crippen molar-refractivity contribution in [2.24, 2.45) is 0 Å². The van der Waals surface area contributed by atoms with Crippen molar-refractivity contribution in [3.05, 3.63) is 5.57 Å². The average molecular weight is 169 g/mol. The van der Waals surface area contributed by atoms with Crippen LogP contribution in [0.4, 0.5) is 0 Å². The molecule has 0 saturated heterocycles. The van der Waals surface area contributed by atoms with Crippen molar-refractivity contribution < 1.29 is 9.53 Å². The summed E-state index contributed by atoms with van der Waals surface area (Å²) in [6, 6.07) is 0. The van der Waals surface area contributed by atoms with Crippen molar-refractivity contribution in [2.45, 2.75) is 18.9 Å². The SMILES string of the molecule is CCOC1(CN(C)C)CC1=C=O. The monoisotopic (exact) mass is 169 g/mol. The highest BCUT2D eigenvalue weighted by molar-refractivity contribution is 5.65. The van der Waals surface area contributed by atoms with Gasteiger partial charge in [-0.3, -0.25) is 0 Å². The van der Waals surface area contributed by atoms with Gasteiger partial charge in [0.25, 0.3) is 0 Å². The number of likely N-dealkylation sites (N-methyl/N-ethyl adjacent to an activating group) is 1. The number of nitrogens with zero attached hydrogens (tertiary/aromatic N) is 1. The van der Waals surface area contributed by atoms with Crippen LogP contribution in [0.25, 0.3) is 0 Å². The molecule has 1 atom stereocenters. The van der Waals surface area contributed by atoms with Crippen LogP contribution in [0.3, 0.4) is 0 Å². The average Bonchev–Trinajstić information content (AvgIpc) is 2.62. The summed E-state index contributed by atoms with van der Waals surface area (Å²) in [6.07, 6.45) is 0.752. The lowest BCUT2D eigenvalue weighted by Crippen LogP contribution is -2.30. The minimum Gasteiger partial charge on any atom is -0.368 e. The Balaban J connectivity index is 2.59. The number of rotatable bonds is 4. The fourth-order valence-electron chi connectivity index (χ4n) is 1.49. The van der Waals surface area contributed by atoms with E-state index >= 15 is 0 Å². The number of carbonyl (C=O) groups excluding carboxylic acids is 1. The van der Waals surface area contributed by atoms with Gasteiger partial charge in [-0.2, -0.15) is 0 Å². The van der Waals surface area contributed by atoms with E-state index in [4.69, 9.17) is 4.74 Å². The minimum atomic E-state index is -0.292.